The molecule has 2 aliphatic rings. The van der Waals surface area contributed by atoms with Gasteiger partial charge in [-0.1, -0.05) is 45.1 Å². The van der Waals surface area contributed by atoms with Gasteiger partial charge >= 0.3 is 4.87 Å². The van der Waals surface area contributed by atoms with E-state index in [1.807, 2.05) is 6.07 Å². The third-order valence-electron chi connectivity index (χ3n) is 6.61. The maximum atomic E-state index is 13.8. The van der Waals surface area contributed by atoms with Gasteiger partial charge in [-0.05, 0) is 60.2 Å². The van der Waals surface area contributed by atoms with Crippen LogP contribution in [0.2, 0.25) is 0 Å². The first-order valence-electron chi connectivity index (χ1n) is 11.8. The van der Waals surface area contributed by atoms with E-state index < -0.39 is 28.8 Å². The number of nitrogens with zero attached hydrogens (tertiary/aromatic N) is 3. The van der Waals surface area contributed by atoms with Crippen LogP contribution in [0.3, 0.4) is 0 Å². The van der Waals surface area contributed by atoms with E-state index in [4.69, 9.17) is 0 Å². The number of thioether (sulfide) groups is 1. The molecule has 2 aromatic heterocycles. The number of hydrogen-bond donors (Lipinski definition) is 1. The van der Waals surface area contributed by atoms with E-state index in [0.29, 0.717) is 26.8 Å². The monoisotopic (exact) mass is 624 g/mol. The van der Waals surface area contributed by atoms with Gasteiger partial charge in [0.05, 0.1) is 16.6 Å². The molecule has 8 nitrogen and oxygen atoms in total. The lowest BCUT2D eigenvalue weighted by Crippen LogP contribution is -2.33. The van der Waals surface area contributed by atoms with Gasteiger partial charge in [0.1, 0.15) is 17.6 Å². The quantitative estimate of drug-likeness (QED) is 0.325. The molecule has 3 atom stereocenters. The van der Waals surface area contributed by atoms with Crippen LogP contribution in [0.25, 0.3) is 0 Å². The lowest BCUT2D eigenvalue weighted by Gasteiger charge is -2.30. The Labute approximate surface area is 238 Å². The van der Waals surface area contributed by atoms with Crippen LogP contribution >= 0.6 is 39.0 Å². The Kier molecular flexibility index (Phi) is 6.69. The summed E-state index contributed by atoms with van der Waals surface area (Å²) in [5.41, 5.74) is 1.56. The van der Waals surface area contributed by atoms with Crippen LogP contribution in [-0.4, -0.2) is 32.5 Å². The van der Waals surface area contributed by atoms with Crippen LogP contribution in [0, 0.1) is 11.7 Å². The summed E-state index contributed by atoms with van der Waals surface area (Å²) in [6.45, 7) is -0.301. The predicted octanol–water partition coefficient (Wildman–Crippen LogP) is 4.64. The van der Waals surface area contributed by atoms with Crippen molar-refractivity contribution >= 4 is 68.1 Å². The number of halogens is 2. The second-order valence-corrected chi connectivity index (χ2v) is 12.0. The van der Waals surface area contributed by atoms with E-state index in [1.54, 1.807) is 42.7 Å². The number of pyridine rings is 1. The SMILES string of the molecule is O=C(Cn1c2c(sc1=O)[C@@H](c1cccnc1)C1C(=O)N(c3ccc(Br)cc3)C(=O)C1S2)Nc1ccc(F)cc1. The first-order chi connectivity index (χ1) is 18.8. The second kappa shape index (κ2) is 10.2. The van der Waals surface area contributed by atoms with Crippen LogP contribution in [0.15, 0.2) is 87.4 Å². The number of rotatable bonds is 5. The number of anilines is 2. The van der Waals surface area contributed by atoms with Gasteiger partial charge in [0.25, 0.3) is 0 Å². The summed E-state index contributed by atoms with van der Waals surface area (Å²) in [5, 5.41) is 2.35. The highest BCUT2D eigenvalue weighted by Crippen LogP contribution is 2.53. The highest BCUT2D eigenvalue weighted by molar-refractivity contribution is 9.10. The van der Waals surface area contributed by atoms with E-state index in [9.17, 15) is 23.6 Å². The van der Waals surface area contributed by atoms with Gasteiger partial charge < -0.3 is 5.32 Å². The molecule has 1 N–H and O–H groups in total. The van der Waals surface area contributed by atoms with Crippen molar-refractivity contribution in [2.45, 2.75) is 22.7 Å². The number of carbonyl (C=O) groups is 3. The zero-order valence-electron chi connectivity index (χ0n) is 19.9. The zero-order chi connectivity index (χ0) is 27.3. The van der Waals surface area contributed by atoms with Gasteiger partial charge in [0.2, 0.25) is 17.7 Å². The van der Waals surface area contributed by atoms with Crippen molar-refractivity contribution in [3.63, 3.8) is 0 Å². The molecule has 0 spiro atoms. The molecule has 12 heteroatoms. The van der Waals surface area contributed by atoms with Crippen molar-refractivity contribution < 1.29 is 18.8 Å². The highest BCUT2D eigenvalue weighted by atomic mass is 79.9. The van der Waals surface area contributed by atoms with Crippen LogP contribution in [-0.2, 0) is 20.9 Å². The number of fused-ring (bicyclic) bond motifs is 2. The molecule has 2 aliphatic heterocycles. The fourth-order valence-electron chi connectivity index (χ4n) is 4.90. The van der Waals surface area contributed by atoms with Crippen molar-refractivity contribution in [3.8, 4) is 0 Å². The van der Waals surface area contributed by atoms with Crippen LogP contribution in [0.5, 0.6) is 0 Å². The number of nitrogens with one attached hydrogen (secondary N) is 1. The minimum absolute atomic E-state index is 0.301. The molecule has 4 aromatic rings. The molecule has 2 aromatic carbocycles. The van der Waals surface area contributed by atoms with Crippen LogP contribution in [0.4, 0.5) is 15.8 Å². The van der Waals surface area contributed by atoms with Gasteiger partial charge in [0, 0.05) is 33.3 Å². The van der Waals surface area contributed by atoms with E-state index >= 15 is 0 Å². The molecule has 0 aliphatic carbocycles. The molecule has 4 heterocycles. The van der Waals surface area contributed by atoms with Gasteiger partial charge in [-0.25, -0.2) is 9.29 Å². The molecular formula is C27H18BrFN4O4S2. The zero-order valence-corrected chi connectivity index (χ0v) is 23.1. The third-order valence-corrected chi connectivity index (χ3v) is 9.74. The molecular weight excluding hydrogens is 607 g/mol. The second-order valence-electron chi connectivity index (χ2n) is 9.00. The molecule has 3 amide bonds. The molecule has 2 unspecified atom stereocenters. The van der Waals surface area contributed by atoms with Gasteiger partial charge in [-0.2, -0.15) is 0 Å². The van der Waals surface area contributed by atoms with E-state index in [1.165, 1.54) is 33.7 Å². The molecule has 39 heavy (non-hydrogen) atoms. The first kappa shape index (κ1) is 25.7. The Morgan fingerprint density at radius 2 is 1.77 bits per heavy atom. The predicted molar refractivity (Wildman–Crippen MR) is 149 cm³/mol. The molecule has 6 rings (SSSR count). The molecule has 0 saturated carbocycles. The van der Waals surface area contributed by atoms with Crippen molar-refractivity contribution in [3.05, 3.63) is 103 Å². The summed E-state index contributed by atoms with van der Waals surface area (Å²) in [6.07, 6.45) is 3.25. The molecule has 196 valence electrons. The number of aromatic nitrogens is 2. The maximum Gasteiger partial charge on any atom is 0.308 e. The Bertz CT molecular complexity index is 1660. The topological polar surface area (TPSA) is 101 Å². The normalized spacial score (nSPS) is 20.1. The Morgan fingerprint density at radius 3 is 2.46 bits per heavy atom. The number of carbonyl (C=O) groups excluding carboxylic acids is 3. The van der Waals surface area contributed by atoms with Crippen LogP contribution < -0.4 is 15.1 Å². The smallest absolute Gasteiger partial charge is 0.308 e. The average molecular weight is 626 g/mol. The van der Waals surface area contributed by atoms with Gasteiger partial charge in [-0.15, -0.1) is 0 Å². The first-order valence-corrected chi connectivity index (χ1v) is 14.3. The Morgan fingerprint density at radius 1 is 1.03 bits per heavy atom. The van der Waals surface area contributed by atoms with Gasteiger partial charge in [-0.3, -0.25) is 28.7 Å². The fraction of sp³-hybridized carbons (Fsp3) is 0.148. The summed E-state index contributed by atoms with van der Waals surface area (Å²) >= 11 is 5.48. The minimum Gasteiger partial charge on any atom is -0.325 e. The average Bonchev–Trinajstić information content (AvgIpc) is 3.37. The van der Waals surface area contributed by atoms with Gasteiger partial charge in [0.15, 0.2) is 0 Å². The largest absolute Gasteiger partial charge is 0.325 e. The van der Waals surface area contributed by atoms with Crippen molar-refractivity contribution in [1.29, 1.82) is 0 Å². The summed E-state index contributed by atoms with van der Waals surface area (Å²) in [4.78, 5) is 59.2. The Balaban J connectivity index is 1.39. The maximum absolute atomic E-state index is 13.8. The summed E-state index contributed by atoms with van der Waals surface area (Å²) in [5.74, 6) is -2.97. The molecule has 0 radical (unpaired) electrons. The molecule has 1 saturated heterocycles. The summed E-state index contributed by atoms with van der Waals surface area (Å²) in [6, 6.07) is 15.8. The number of amides is 3. The standard InChI is InChI=1S/C27H18BrFN4O4S2/c28-15-3-9-18(10-4-15)33-24(35)21-20(14-2-1-11-30-12-14)23-26(38-22(21)25(33)36)32(27(37)39-23)13-19(34)31-17-7-5-16(29)6-8-17/h1-12,20-22H,13H2,(H,31,34)/t20-,21?,22?/m0/s1. The summed E-state index contributed by atoms with van der Waals surface area (Å²) in [7, 11) is 0. The van der Waals surface area contributed by atoms with E-state index in [0.717, 1.165) is 27.6 Å². The highest BCUT2D eigenvalue weighted by Gasteiger charge is 2.56. The number of imide groups is 1. The number of thiazole rings is 1. The van der Waals surface area contributed by atoms with Crippen molar-refractivity contribution in [2.75, 3.05) is 10.2 Å². The molecule has 0 bridgehead atoms. The molecule has 1 fully saturated rings. The Hall–Kier alpha value is -3.61. The fourth-order valence-corrected chi connectivity index (χ4v) is 7.93. The number of hydrogen-bond acceptors (Lipinski definition) is 7. The van der Waals surface area contributed by atoms with E-state index in [2.05, 4.69) is 26.2 Å². The van der Waals surface area contributed by atoms with Crippen molar-refractivity contribution in [1.82, 2.24) is 9.55 Å². The van der Waals surface area contributed by atoms with Crippen molar-refractivity contribution in [2.24, 2.45) is 5.92 Å². The van der Waals surface area contributed by atoms with Crippen LogP contribution in [0.1, 0.15) is 16.4 Å². The minimum atomic E-state index is -0.792. The lowest BCUT2D eigenvalue weighted by atomic mass is 9.84. The third kappa shape index (κ3) is 4.62. The summed E-state index contributed by atoms with van der Waals surface area (Å²) < 4.78 is 15.4. The lowest BCUT2D eigenvalue weighted by molar-refractivity contribution is -0.122. The van der Waals surface area contributed by atoms with E-state index in [-0.39, 0.29) is 23.2 Å². The number of benzene rings is 2.